The van der Waals surface area contributed by atoms with Crippen LogP contribution in [0.1, 0.15) is 10.5 Å². The highest BCUT2D eigenvalue weighted by molar-refractivity contribution is 7.99. The third-order valence-electron chi connectivity index (χ3n) is 2.83. The summed E-state index contributed by atoms with van der Waals surface area (Å²) < 4.78 is 1.58. The maximum absolute atomic E-state index is 11.4. The Morgan fingerprint density at radius 3 is 2.95 bits per heavy atom. The van der Waals surface area contributed by atoms with E-state index in [1.807, 2.05) is 30.5 Å². The number of fused-ring (bicyclic) bond motifs is 3. The van der Waals surface area contributed by atoms with Crippen LogP contribution >= 0.6 is 11.8 Å². The van der Waals surface area contributed by atoms with Crippen molar-refractivity contribution in [2.45, 2.75) is 5.50 Å². The maximum Gasteiger partial charge on any atom is 0.273 e. The molecule has 2 heterocycles. The van der Waals surface area contributed by atoms with Crippen LogP contribution in [0.3, 0.4) is 0 Å². The molecule has 1 amide bonds. The summed E-state index contributed by atoms with van der Waals surface area (Å²) in [7, 11) is 0. The molecule has 1 aromatic heterocycles. The molecule has 1 aromatic carbocycles. The van der Waals surface area contributed by atoms with Crippen LogP contribution in [-0.2, 0) is 0 Å². The van der Waals surface area contributed by atoms with Gasteiger partial charge in [0, 0.05) is 0 Å². The average molecular weight is 276 g/mol. The number of nitrogens with one attached hydrogen (secondary N) is 2. The first-order valence-electron chi connectivity index (χ1n) is 5.61. The lowest BCUT2D eigenvalue weighted by Crippen LogP contribution is -2.25. The molecule has 8 heteroatoms. The van der Waals surface area contributed by atoms with Crippen molar-refractivity contribution >= 4 is 29.2 Å². The Bertz CT molecular complexity index is 640. The molecule has 98 valence electrons. The van der Waals surface area contributed by atoms with Crippen LogP contribution in [0, 0.1) is 0 Å². The van der Waals surface area contributed by atoms with E-state index in [2.05, 4.69) is 20.9 Å². The van der Waals surface area contributed by atoms with Gasteiger partial charge in [0.15, 0.2) is 11.5 Å². The lowest BCUT2D eigenvalue weighted by Gasteiger charge is -2.16. The van der Waals surface area contributed by atoms with Crippen molar-refractivity contribution in [3.8, 4) is 5.69 Å². The van der Waals surface area contributed by atoms with Gasteiger partial charge in [0.05, 0.1) is 11.4 Å². The number of primary amides is 1. The monoisotopic (exact) mass is 276 g/mol. The minimum atomic E-state index is -0.604. The van der Waals surface area contributed by atoms with Crippen molar-refractivity contribution in [2.75, 3.05) is 16.9 Å². The molecule has 0 aliphatic carbocycles. The molecule has 3 rings (SSSR count). The number of amides is 1. The molecule has 0 radical (unpaired) electrons. The highest BCUT2D eigenvalue weighted by Crippen LogP contribution is 2.30. The molecule has 1 aliphatic rings. The van der Waals surface area contributed by atoms with Gasteiger partial charge in [0.2, 0.25) is 0 Å². The minimum Gasteiger partial charge on any atom is -0.364 e. The Hall–Kier alpha value is -2.22. The second-order valence-electron chi connectivity index (χ2n) is 3.98. The van der Waals surface area contributed by atoms with Gasteiger partial charge in [0.25, 0.3) is 5.91 Å². The van der Waals surface area contributed by atoms with Gasteiger partial charge in [-0.2, -0.15) is 4.68 Å². The topological polar surface area (TPSA) is 97.9 Å². The largest absolute Gasteiger partial charge is 0.364 e. The van der Waals surface area contributed by atoms with Crippen molar-refractivity contribution in [3.05, 3.63) is 30.0 Å². The number of hydrogen-bond donors (Lipinski definition) is 3. The quantitative estimate of drug-likeness (QED) is 0.752. The minimum absolute atomic E-state index is 0.0981. The van der Waals surface area contributed by atoms with Crippen LogP contribution in [0.25, 0.3) is 5.69 Å². The number of hydrogen-bond acceptors (Lipinski definition) is 6. The fraction of sp³-hybridized carbons (Fsp3) is 0.182. The summed E-state index contributed by atoms with van der Waals surface area (Å²) in [6, 6.07) is 7.67. The molecule has 1 aliphatic heterocycles. The Labute approximate surface area is 113 Å². The van der Waals surface area contributed by atoms with Gasteiger partial charge < -0.3 is 16.4 Å². The fourth-order valence-electron chi connectivity index (χ4n) is 1.95. The highest BCUT2D eigenvalue weighted by atomic mass is 32.2. The molecule has 7 nitrogen and oxygen atoms in total. The van der Waals surface area contributed by atoms with Crippen LogP contribution in [0.2, 0.25) is 0 Å². The van der Waals surface area contributed by atoms with Crippen molar-refractivity contribution < 1.29 is 4.79 Å². The fourth-order valence-corrected chi connectivity index (χ4v) is 2.42. The Morgan fingerprint density at radius 2 is 2.21 bits per heavy atom. The van der Waals surface area contributed by atoms with Crippen molar-refractivity contribution in [1.82, 2.24) is 15.0 Å². The Balaban J connectivity index is 2.22. The van der Waals surface area contributed by atoms with Gasteiger partial charge in [-0.15, -0.1) is 16.9 Å². The highest BCUT2D eigenvalue weighted by Gasteiger charge is 2.25. The summed E-state index contributed by atoms with van der Waals surface area (Å²) in [5, 5.41) is 14.3. The number of aromatic nitrogens is 3. The molecule has 4 N–H and O–H groups in total. The summed E-state index contributed by atoms with van der Waals surface area (Å²) in [6.07, 6.45) is 1.96. The maximum atomic E-state index is 11.4. The zero-order chi connectivity index (χ0) is 13.4. The third kappa shape index (κ3) is 1.89. The van der Waals surface area contributed by atoms with E-state index in [0.717, 1.165) is 11.4 Å². The standard InChI is InChI=1S/C11H12N6OS/c1-19-11-13-6-4-2-3-5-7(6)17-10(14-11)8(9(12)18)15-16-17/h2-5,11,13-14H,1H3,(H2,12,18). The molecule has 0 saturated carbocycles. The second kappa shape index (κ2) is 4.47. The van der Waals surface area contributed by atoms with E-state index < -0.39 is 5.91 Å². The first-order valence-corrected chi connectivity index (χ1v) is 6.90. The number of rotatable bonds is 2. The summed E-state index contributed by atoms with van der Waals surface area (Å²) in [5.74, 6) is -0.0997. The lowest BCUT2D eigenvalue weighted by atomic mass is 10.2. The van der Waals surface area contributed by atoms with E-state index in [4.69, 9.17) is 5.73 Å². The van der Waals surface area contributed by atoms with Crippen LogP contribution in [0.4, 0.5) is 11.5 Å². The first-order chi connectivity index (χ1) is 9.20. The predicted molar refractivity (Wildman–Crippen MR) is 74.4 cm³/mol. The lowest BCUT2D eigenvalue weighted by molar-refractivity contribution is 0.0996. The van der Waals surface area contributed by atoms with Gasteiger partial charge in [-0.3, -0.25) is 4.79 Å². The normalized spacial score (nSPS) is 16.6. The molecule has 0 saturated heterocycles. The molecule has 0 bridgehead atoms. The SMILES string of the molecule is CSC1Nc2ccccc2-n2nnc(C(N)=O)c2N1. The van der Waals surface area contributed by atoms with E-state index >= 15 is 0 Å². The van der Waals surface area contributed by atoms with Gasteiger partial charge in [-0.25, -0.2) is 0 Å². The molecular formula is C11H12N6OS. The summed E-state index contributed by atoms with van der Waals surface area (Å²) >= 11 is 1.57. The molecule has 1 unspecified atom stereocenters. The number of anilines is 2. The molecule has 2 aromatic rings. The van der Waals surface area contributed by atoms with E-state index in [-0.39, 0.29) is 11.2 Å². The summed E-state index contributed by atoms with van der Waals surface area (Å²) in [6.45, 7) is 0. The van der Waals surface area contributed by atoms with Crippen molar-refractivity contribution in [1.29, 1.82) is 0 Å². The zero-order valence-electron chi connectivity index (χ0n) is 10.1. The van der Waals surface area contributed by atoms with Crippen LogP contribution in [0.5, 0.6) is 0 Å². The molecule has 0 spiro atoms. The number of nitrogens with zero attached hydrogens (tertiary/aromatic N) is 3. The van der Waals surface area contributed by atoms with Crippen LogP contribution in [0.15, 0.2) is 24.3 Å². The van der Waals surface area contributed by atoms with E-state index in [1.165, 1.54) is 0 Å². The number of thioether (sulfide) groups is 1. The van der Waals surface area contributed by atoms with Gasteiger partial charge >= 0.3 is 0 Å². The smallest absolute Gasteiger partial charge is 0.273 e. The number of nitrogens with two attached hydrogens (primary N) is 1. The Morgan fingerprint density at radius 1 is 1.42 bits per heavy atom. The molecule has 0 fully saturated rings. The van der Waals surface area contributed by atoms with Gasteiger partial charge in [-0.1, -0.05) is 17.3 Å². The van der Waals surface area contributed by atoms with Crippen molar-refractivity contribution in [3.63, 3.8) is 0 Å². The Kier molecular flexibility index (Phi) is 2.79. The predicted octanol–water partition coefficient (Wildman–Crippen LogP) is 0.850. The van der Waals surface area contributed by atoms with Crippen LogP contribution in [-0.4, -0.2) is 32.7 Å². The number of carbonyl (C=O) groups is 1. The number of para-hydroxylation sites is 2. The van der Waals surface area contributed by atoms with Gasteiger partial charge in [-0.05, 0) is 18.4 Å². The summed E-state index contributed by atoms with van der Waals surface area (Å²) in [4.78, 5) is 11.4. The van der Waals surface area contributed by atoms with E-state index in [1.54, 1.807) is 16.4 Å². The van der Waals surface area contributed by atoms with Crippen molar-refractivity contribution in [2.24, 2.45) is 5.73 Å². The summed E-state index contributed by atoms with van der Waals surface area (Å²) in [5.41, 5.74) is 7.09. The molecule has 1 atom stereocenters. The molecule has 19 heavy (non-hydrogen) atoms. The van der Waals surface area contributed by atoms with E-state index in [0.29, 0.717) is 5.82 Å². The van der Waals surface area contributed by atoms with Gasteiger partial charge in [0.1, 0.15) is 5.50 Å². The third-order valence-corrected chi connectivity index (χ3v) is 3.53. The van der Waals surface area contributed by atoms with E-state index in [9.17, 15) is 4.79 Å². The second-order valence-corrected chi connectivity index (χ2v) is 4.93. The van der Waals surface area contributed by atoms with Crippen LogP contribution < -0.4 is 16.4 Å². The average Bonchev–Trinajstić information content (AvgIpc) is 2.75. The first kappa shape index (κ1) is 11.8. The molecular weight excluding hydrogens is 264 g/mol. The number of carbonyl (C=O) groups excluding carboxylic acids is 1. The number of benzene rings is 1. The zero-order valence-corrected chi connectivity index (χ0v) is 10.9.